The first-order chi connectivity index (χ1) is 14.0. The Morgan fingerprint density at radius 2 is 2.03 bits per heavy atom. The summed E-state index contributed by atoms with van der Waals surface area (Å²) in [5.41, 5.74) is 0.687. The molecule has 0 spiro atoms. The molecule has 0 atom stereocenters. The van der Waals surface area contributed by atoms with Crippen LogP contribution in [0.2, 0.25) is 0 Å². The van der Waals surface area contributed by atoms with Gasteiger partial charge in [-0.25, -0.2) is 9.24 Å². The third-order valence-electron chi connectivity index (χ3n) is 4.11. The lowest BCUT2D eigenvalue weighted by molar-refractivity contribution is 0.0974. The van der Waals surface area contributed by atoms with Crippen molar-refractivity contribution in [2.75, 3.05) is 20.0 Å². The zero-order chi connectivity index (χ0) is 21.4. The van der Waals surface area contributed by atoms with E-state index in [0.29, 0.717) is 12.4 Å². The molecule has 1 amide bonds. The molecule has 0 heterocycles. The molecule has 29 heavy (non-hydrogen) atoms. The van der Waals surface area contributed by atoms with Gasteiger partial charge < -0.3 is 14.8 Å². The van der Waals surface area contributed by atoms with Crippen molar-refractivity contribution in [3.63, 3.8) is 0 Å². The van der Waals surface area contributed by atoms with Crippen LogP contribution in [0.5, 0.6) is 11.5 Å². The van der Waals surface area contributed by atoms with Gasteiger partial charge in [-0.2, -0.15) is 0 Å². The largest absolute Gasteiger partial charge is 0.496 e. The van der Waals surface area contributed by atoms with Crippen LogP contribution in [0.4, 0.5) is 10.1 Å². The van der Waals surface area contributed by atoms with Crippen LogP contribution in [0.3, 0.4) is 0 Å². The number of thioether (sulfide) groups is 1. The summed E-state index contributed by atoms with van der Waals surface area (Å²) in [6, 6.07) is 6.98. The maximum atomic E-state index is 14.0. The maximum Gasteiger partial charge on any atom is 0.260 e. The quantitative estimate of drug-likeness (QED) is 0.280. The lowest BCUT2D eigenvalue weighted by Gasteiger charge is -2.19. The number of rotatable bonds is 7. The number of ether oxygens (including phenoxy) is 2. The van der Waals surface area contributed by atoms with Crippen LogP contribution in [0, 0.1) is 17.8 Å². The number of carbonyl (C=O) groups excluding carboxylic acids is 1. The minimum atomic E-state index is -0.609. The Balaban J connectivity index is 2.77. The number of unbranched alkanes of at least 4 members (excludes halogenated alkanes) is 1. The van der Waals surface area contributed by atoms with Crippen molar-refractivity contribution in [3.8, 4) is 22.6 Å². The average Bonchev–Trinajstić information content (AvgIpc) is 2.73. The molecule has 0 unspecified atom stereocenters. The van der Waals surface area contributed by atoms with E-state index >= 15 is 0 Å². The lowest BCUT2D eigenvalue weighted by Crippen LogP contribution is -2.28. The van der Waals surface area contributed by atoms with E-state index in [2.05, 4.69) is 10.2 Å². The minimum absolute atomic E-state index is 0.0557. The van der Waals surface area contributed by atoms with E-state index in [1.807, 2.05) is 6.92 Å². The van der Waals surface area contributed by atoms with Crippen molar-refractivity contribution in [2.24, 2.45) is 0 Å². The van der Waals surface area contributed by atoms with Crippen molar-refractivity contribution >= 4 is 28.5 Å². The first kappa shape index (κ1) is 22.2. The van der Waals surface area contributed by atoms with Crippen LogP contribution in [0.1, 0.15) is 30.1 Å². The molecule has 2 aromatic carbocycles. The SMILES string of the molecule is [C-]#[N+]c1ccc(OCCCC)c(C(=O)NC(=N)SC)c1-c1cc(F)ccc1OC. The fourth-order valence-corrected chi connectivity index (χ4v) is 2.90. The van der Waals surface area contributed by atoms with Crippen LogP contribution in [0.15, 0.2) is 30.3 Å². The average molecular weight is 415 g/mol. The summed E-state index contributed by atoms with van der Waals surface area (Å²) in [5, 5.41) is 10.2. The van der Waals surface area contributed by atoms with Gasteiger partial charge in [0.05, 0.1) is 25.9 Å². The molecular weight excluding hydrogens is 393 g/mol. The number of hydrogen-bond donors (Lipinski definition) is 2. The number of benzene rings is 2. The first-order valence-electron chi connectivity index (χ1n) is 8.91. The Bertz CT molecular complexity index is 957. The van der Waals surface area contributed by atoms with Crippen LogP contribution >= 0.6 is 11.8 Å². The zero-order valence-corrected chi connectivity index (χ0v) is 17.3. The third-order valence-corrected chi connectivity index (χ3v) is 4.62. The Morgan fingerprint density at radius 3 is 2.66 bits per heavy atom. The van der Waals surface area contributed by atoms with Gasteiger partial charge in [-0.05, 0) is 36.9 Å². The number of nitrogens with zero attached hydrogens (tertiary/aromatic N) is 1. The summed E-state index contributed by atoms with van der Waals surface area (Å²) in [5.74, 6) is -0.561. The maximum absolute atomic E-state index is 14.0. The Hall–Kier alpha value is -3.05. The summed E-state index contributed by atoms with van der Waals surface area (Å²) in [4.78, 5) is 16.5. The van der Waals surface area contributed by atoms with E-state index in [0.717, 1.165) is 24.6 Å². The summed E-state index contributed by atoms with van der Waals surface area (Å²) in [7, 11) is 1.43. The molecule has 2 aromatic rings. The molecule has 0 aliphatic heterocycles. The Labute approximate surface area is 173 Å². The van der Waals surface area contributed by atoms with Crippen molar-refractivity contribution in [1.29, 1.82) is 5.41 Å². The second kappa shape index (κ2) is 10.5. The molecular formula is C21H22FN3O3S. The predicted molar refractivity (Wildman–Crippen MR) is 114 cm³/mol. The lowest BCUT2D eigenvalue weighted by atomic mass is 9.95. The monoisotopic (exact) mass is 415 g/mol. The molecule has 0 fully saturated rings. The number of nitrogens with one attached hydrogen (secondary N) is 2. The number of hydrogen-bond acceptors (Lipinski definition) is 5. The van der Waals surface area contributed by atoms with Crippen molar-refractivity contribution < 1.29 is 18.7 Å². The van der Waals surface area contributed by atoms with E-state index < -0.39 is 11.7 Å². The molecule has 0 saturated heterocycles. The number of amides is 1. The van der Waals surface area contributed by atoms with Gasteiger partial charge >= 0.3 is 0 Å². The van der Waals surface area contributed by atoms with Gasteiger partial charge in [0.1, 0.15) is 17.3 Å². The van der Waals surface area contributed by atoms with E-state index in [-0.39, 0.29) is 33.3 Å². The van der Waals surface area contributed by atoms with E-state index in [4.69, 9.17) is 21.5 Å². The molecule has 0 aliphatic carbocycles. The molecule has 0 saturated carbocycles. The van der Waals surface area contributed by atoms with E-state index in [1.165, 1.54) is 31.4 Å². The smallest absolute Gasteiger partial charge is 0.260 e. The van der Waals surface area contributed by atoms with Crippen molar-refractivity contribution in [1.82, 2.24) is 5.32 Å². The zero-order valence-electron chi connectivity index (χ0n) is 16.5. The molecule has 0 radical (unpaired) electrons. The van der Waals surface area contributed by atoms with Gasteiger partial charge in [0, 0.05) is 11.1 Å². The third kappa shape index (κ3) is 5.27. The highest BCUT2D eigenvalue weighted by atomic mass is 32.2. The predicted octanol–water partition coefficient (Wildman–Crippen LogP) is 5.26. The minimum Gasteiger partial charge on any atom is -0.496 e. The van der Waals surface area contributed by atoms with Gasteiger partial charge in [-0.3, -0.25) is 10.2 Å². The molecule has 0 aromatic heterocycles. The molecule has 152 valence electrons. The molecule has 8 heteroatoms. The van der Waals surface area contributed by atoms with Crippen LogP contribution in [-0.4, -0.2) is 31.0 Å². The van der Waals surface area contributed by atoms with Crippen LogP contribution < -0.4 is 14.8 Å². The summed E-state index contributed by atoms with van der Waals surface area (Å²) < 4.78 is 25.2. The molecule has 2 N–H and O–H groups in total. The van der Waals surface area contributed by atoms with Gasteiger partial charge in [0.25, 0.3) is 5.91 Å². The van der Waals surface area contributed by atoms with Crippen molar-refractivity contribution in [3.05, 3.63) is 53.1 Å². The molecule has 2 rings (SSSR count). The molecule has 6 nitrogen and oxygen atoms in total. The van der Waals surface area contributed by atoms with E-state index in [1.54, 1.807) is 12.3 Å². The van der Waals surface area contributed by atoms with Gasteiger partial charge in [-0.1, -0.05) is 31.2 Å². The van der Waals surface area contributed by atoms with E-state index in [9.17, 15) is 9.18 Å². The molecule has 0 bridgehead atoms. The molecule has 0 aliphatic rings. The highest BCUT2D eigenvalue weighted by Crippen LogP contribution is 2.43. The normalized spacial score (nSPS) is 10.2. The fourth-order valence-electron chi connectivity index (χ4n) is 2.70. The summed E-state index contributed by atoms with van der Waals surface area (Å²) in [6.45, 7) is 9.94. The topological polar surface area (TPSA) is 75.8 Å². The summed E-state index contributed by atoms with van der Waals surface area (Å²) in [6.07, 6.45) is 3.35. The van der Waals surface area contributed by atoms with Gasteiger partial charge in [-0.15, -0.1) is 0 Å². The summed E-state index contributed by atoms with van der Waals surface area (Å²) >= 11 is 1.06. The standard InChI is InChI=1S/C21H22FN3O3S/c1-5-6-11-28-17-10-8-15(24-2)18(19(17)20(26)25-21(23)29-4)14-12-13(22)7-9-16(14)27-3/h7-10,12H,5-6,11H2,1,3-4H3,(H2,23,25,26). The van der Waals surface area contributed by atoms with Crippen molar-refractivity contribution in [2.45, 2.75) is 19.8 Å². The number of amidine groups is 1. The highest BCUT2D eigenvalue weighted by Gasteiger charge is 2.25. The Morgan fingerprint density at radius 1 is 1.31 bits per heavy atom. The van der Waals surface area contributed by atoms with Crippen LogP contribution in [-0.2, 0) is 0 Å². The van der Waals surface area contributed by atoms with Crippen LogP contribution in [0.25, 0.3) is 16.0 Å². The number of halogens is 1. The first-order valence-corrected chi connectivity index (χ1v) is 10.1. The highest BCUT2D eigenvalue weighted by molar-refractivity contribution is 8.13. The Kier molecular flexibility index (Phi) is 8.04. The van der Waals surface area contributed by atoms with Gasteiger partial charge in [0.2, 0.25) is 0 Å². The second-order valence-electron chi connectivity index (χ2n) is 5.98. The fraction of sp³-hybridized carbons (Fsp3) is 0.286. The number of methoxy groups -OCH3 is 1. The number of carbonyl (C=O) groups is 1. The van der Waals surface area contributed by atoms with Gasteiger partial charge in [0.15, 0.2) is 10.9 Å². The second-order valence-corrected chi connectivity index (χ2v) is 6.80.